The number of aliphatic carboxylic acids is 2. The lowest BCUT2D eigenvalue weighted by atomic mass is 10.0. The van der Waals surface area contributed by atoms with Crippen LogP contribution in [0.25, 0.3) is 0 Å². The van der Waals surface area contributed by atoms with Crippen molar-refractivity contribution in [2.75, 3.05) is 0 Å². The van der Waals surface area contributed by atoms with Crippen molar-refractivity contribution in [2.45, 2.75) is 48.8 Å². The van der Waals surface area contributed by atoms with Crippen molar-refractivity contribution in [3.05, 3.63) is 0 Å². The van der Waals surface area contributed by atoms with Crippen LogP contribution in [0.4, 0.5) is 0 Å². The fourth-order valence-electron chi connectivity index (χ4n) is 1.23. The molecule has 10 N–H and O–H groups in total. The lowest BCUT2D eigenvalue weighted by Crippen LogP contribution is -2.48. The molecule has 0 spiro atoms. The van der Waals surface area contributed by atoms with Crippen molar-refractivity contribution in [3.8, 4) is 0 Å². The van der Waals surface area contributed by atoms with E-state index in [4.69, 9.17) is 51.1 Å². The summed E-state index contributed by atoms with van der Waals surface area (Å²) in [5.74, 6) is -3.52. The van der Waals surface area contributed by atoms with E-state index in [0.29, 0.717) is 0 Å². The number of rotatable bonds is 10. The van der Waals surface area contributed by atoms with Gasteiger partial charge in [-0.15, -0.1) is 0 Å². The molecule has 26 heavy (non-hydrogen) atoms. The summed E-state index contributed by atoms with van der Waals surface area (Å²) in [4.78, 5) is 39.9. The van der Waals surface area contributed by atoms with Crippen molar-refractivity contribution in [1.82, 2.24) is 0 Å². The lowest BCUT2D eigenvalue weighted by molar-refractivity contribution is -0.164. The SMILES string of the molecule is O=C[C@H](O)[C@@H](O)[C@H](O)[C@@H](O)C(=O)O.O=C[C@H](O)[C@@H](O)[C@H](O)[C@@H](O)C(=O)O. The number of carboxylic acid groups (broad SMARTS) is 2. The molecule has 0 aromatic carbocycles. The van der Waals surface area contributed by atoms with Gasteiger partial charge in [-0.25, -0.2) is 9.59 Å². The van der Waals surface area contributed by atoms with E-state index in [1.54, 1.807) is 0 Å². The fraction of sp³-hybridized carbons (Fsp3) is 0.667. The minimum atomic E-state index is -2.25. The van der Waals surface area contributed by atoms with E-state index in [0.717, 1.165) is 0 Å². The van der Waals surface area contributed by atoms with Gasteiger partial charge in [0.2, 0.25) is 0 Å². The van der Waals surface area contributed by atoms with Crippen LogP contribution in [-0.2, 0) is 19.2 Å². The molecule has 0 saturated heterocycles. The predicted molar refractivity (Wildman–Crippen MR) is 75.5 cm³/mol. The van der Waals surface area contributed by atoms with Crippen LogP contribution < -0.4 is 0 Å². The summed E-state index contributed by atoms with van der Waals surface area (Å²) in [5.41, 5.74) is 0. The van der Waals surface area contributed by atoms with Gasteiger partial charge < -0.3 is 60.7 Å². The molecule has 0 radical (unpaired) electrons. The van der Waals surface area contributed by atoms with Crippen LogP contribution in [0.3, 0.4) is 0 Å². The van der Waals surface area contributed by atoms with Crippen molar-refractivity contribution < 1.29 is 70.2 Å². The monoisotopic (exact) mass is 388 g/mol. The second-order valence-corrected chi connectivity index (χ2v) is 4.78. The molecule has 0 aliphatic rings. The van der Waals surface area contributed by atoms with Crippen LogP contribution in [-0.4, -0.2) is 124 Å². The van der Waals surface area contributed by atoms with Crippen molar-refractivity contribution >= 4 is 24.5 Å². The maximum absolute atomic E-state index is 10.1. The summed E-state index contributed by atoms with van der Waals surface area (Å²) in [6, 6.07) is 0. The van der Waals surface area contributed by atoms with Crippen LogP contribution in [0.1, 0.15) is 0 Å². The molecule has 8 atom stereocenters. The first kappa shape index (κ1) is 26.2. The van der Waals surface area contributed by atoms with Gasteiger partial charge in [0.25, 0.3) is 0 Å². The van der Waals surface area contributed by atoms with Gasteiger partial charge in [0, 0.05) is 0 Å². The van der Waals surface area contributed by atoms with E-state index in [2.05, 4.69) is 0 Å². The maximum Gasteiger partial charge on any atom is 0.335 e. The molecule has 14 heteroatoms. The molecule has 0 aromatic rings. The summed E-state index contributed by atoms with van der Waals surface area (Å²) in [6.45, 7) is 0. The topological polar surface area (TPSA) is 271 Å². The molecular weight excluding hydrogens is 368 g/mol. The number of carboxylic acids is 2. The number of carbonyl (C=O) groups is 4. The van der Waals surface area contributed by atoms with Crippen LogP contribution in [0.2, 0.25) is 0 Å². The average Bonchev–Trinajstić information content (AvgIpc) is 2.62. The second-order valence-electron chi connectivity index (χ2n) is 4.78. The molecule has 0 saturated carbocycles. The van der Waals surface area contributed by atoms with Gasteiger partial charge in [-0.3, -0.25) is 0 Å². The van der Waals surface area contributed by atoms with E-state index in [1.165, 1.54) is 0 Å². The first-order chi connectivity index (χ1) is 11.8. The Morgan fingerprint density at radius 3 is 0.923 bits per heavy atom. The highest BCUT2D eigenvalue weighted by molar-refractivity contribution is 5.73. The first-order valence-corrected chi connectivity index (χ1v) is 6.64. The van der Waals surface area contributed by atoms with E-state index in [1.807, 2.05) is 0 Å². The highest BCUT2D eigenvalue weighted by Crippen LogP contribution is 2.04. The number of hydrogen-bond acceptors (Lipinski definition) is 12. The highest BCUT2D eigenvalue weighted by Gasteiger charge is 2.34. The molecule has 0 rings (SSSR count). The third-order valence-electron chi connectivity index (χ3n) is 2.83. The van der Waals surface area contributed by atoms with Gasteiger partial charge in [0.1, 0.15) is 36.6 Å². The standard InChI is InChI=1S/2C6H10O7/c2*7-1-2(8)3(9)4(10)5(11)6(12)13/h2*1-5,8-11H,(H,12,13)/t2*2-,3+,4-,5+/m00/s1. The lowest BCUT2D eigenvalue weighted by Gasteiger charge is -2.21. The molecule has 14 nitrogen and oxygen atoms in total. The van der Waals surface area contributed by atoms with Crippen molar-refractivity contribution in [2.24, 2.45) is 0 Å². The number of carbonyl (C=O) groups excluding carboxylic acids is 2. The van der Waals surface area contributed by atoms with Crippen LogP contribution >= 0.6 is 0 Å². The number of hydrogen-bond donors (Lipinski definition) is 10. The van der Waals surface area contributed by atoms with Crippen LogP contribution in [0, 0.1) is 0 Å². The molecule has 0 bridgehead atoms. The normalized spacial score (nSPS) is 20.0. The molecule has 0 amide bonds. The maximum atomic E-state index is 10.1. The van der Waals surface area contributed by atoms with Gasteiger partial charge in [0.05, 0.1) is 0 Å². The molecule has 0 unspecified atom stereocenters. The third-order valence-corrected chi connectivity index (χ3v) is 2.83. The quantitative estimate of drug-likeness (QED) is 0.156. The largest absolute Gasteiger partial charge is 0.479 e. The Labute approximate surface area is 144 Å². The zero-order chi connectivity index (χ0) is 21.2. The summed E-state index contributed by atoms with van der Waals surface area (Å²) in [7, 11) is 0. The predicted octanol–water partition coefficient (Wildman–Crippen LogP) is -6.57. The second kappa shape index (κ2) is 12.3. The van der Waals surface area contributed by atoms with Crippen LogP contribution in [0.15, 0.2) is 0 Å². The summed E-state index contributed by atoms with van der Waals surface area (Å²) in [6.07, 6.45) is -16.8. The van der Waals surface area contributed by atoms with E-state index in [9.17, 15) is 19.2 Å². The van der Waals surface area contributed by atoms with Crippen LogP contribution in [0.5, 0.6) is 0 Å². The highest BCUT2D eigenvalue weighted by atomic mass is 16.4. The third kappa shape index (κ3) is 8.37. The van der Waals surface area contributed by atoms with Gasteiger partial charge >= 0.3 is 11.9 Å². The number of aldehydes is 2. The molecule has 0 heterocycles. The molecule has 0 aliphatic heterocycles. The molecule has 152 valence electrons. The Kier molecular flexibility index (Phi) is 12.4. The Hall–Kier alpha value is -2.04. The number of aliphatic hydroxyl groups is 8. The van der Waals surface area contributed by atoms with Gasteiger partial charge in [-0.2, -0.15) is 0 Å². The van der Waals surface area contributed by atoms with E-state index in [-0.39, 0.29) is 12.6 Å². The Balaban J connectivity index is 0. The Morgan fingerprint density at radius 1 is 0.538 bits per heavy atom. The summed E-state index contributed by atoms with van der Waals surface area (Å²) in [5, 5.41) is 86.4. The Bertz CT molecular complexity index is 425. The fourth-order valence-corrected chi connectivity index (χ4v) is 1.23. The number of aliphatic hydroxyl groups excluding tert-OH is 8. The zero-order valence-corrected chi connectivity index (χ0v) is 12.9. The Morgan fingerprint density at radius 2 is 0.769 bits per heavy atom. The minimum absolute atomic E-state index is 0.0809. The summed E-state index contributed by atoms with van der Waals surface area (Å²) < 4.78 is 0. The van der Waals surface area contributed by atoms with Gasteiger partial charge in [0.15, 0.2) is 24.8 Å². The molecule has 0 aliphatic carbocycles. The van der Waals surface area contributed by atoms with E-state index >= 15 is 0 Å². The first-order valence-electron chi connectivity index (χ1n) is 6.64. The average molecular weight is 388 g/mol. The molecule has 0 aromatic heterocycles. The zero-order valence-electron chi connectivity index (χ0n) is 12.9. The van der Waals surface area contributed by atoms with Gasteiger partial charge in [-0.05, 0) is 0 Å². The molecule has 0 fully saturated rings. The van der Waals surface area contributed by atoms with Crippen molar-refractivity contribution in [3.63, 3.8) is 0 Å². The summed E-state index contributed by atoms with van der Waals surface area (Å²) >= 11 is 0. The van der Waals surface area contributed by atoms with Gasteiger partial charge in [-0.1, -0.05) is 0 Å². The smallest absolute Gasteiger partial charge is 0.335 e. The molecular formula is C12H20O14. The van der Waals surface area contributed by atoms with Crippen molar-refractivity contribution in [1.29, 1.82) is 0 Å². The minimum Gasteiger partial charge on any atom is -0.479 e. The van der Waals surface area contributed by atoms with E-state index < -0.39 is 60.8 Å².